The first-order valence-corrected chi connectivity index (χ1v) is 3.75. The lowest BCUT2D eigenvalue weighted by Gasteiger charge is -2.09. The van der Waals surface area contributed by atoms with Gasteiger partial charge in [0.15, 0.2) is 0 Å². The lowest BCUT2D eigenvalue weighted by molar-refractivity contribution is 0.162. The van der Waals surface area contributed by atoms with Gasteiger partial charge in [0.25, 0.3) is 0 Å². The lowest BCUT2D eigenvalue weighted by atomic mass is 10.2. The first-order chi connectivity index (χ1) is 5.25. The molecule has 0 bridgehead atoms. The summed E-state index contributed by atoms with van der Waals surface area (Å²) in [6.07, 6.45) is 2.12. The summed E-state index contributed by atoms with van der Waals surface area (Å²) in [6.45, 7) is 0.520. The number of aliphatic hydroxyl groups excluding tert-OH is 1. The number of aryl methyl sites for hydroxylation is 1. The van der Waals surface area contributed by atoms with E-state index < -0.39 is 6.10 Å². The van der Waals surface area contributed by atoms with Crippen molar-refractivity contribution in [1.29, 1.82) is 0 Å². The minimum absolute atomic E-state index is 0.417. The number of rotatable bonds is 3. The Bertz CT molecular complexity index is 220. The van der Waals surface area contributed by atoms with Gasteiger partial charge in [-0.1, -0.05) is 0 Å². The van der Waals surface area contributed by atoms with Gasteiger partial charge in [-0.15, -0.1) is 0 Å². The van der Waals surface area contributed by atoms with E-state index in [1.165, 1.54) is 0 Å². The summed E-state index contributed by atoms with van der Waals surface area (Å²) < 4.78 is 1.90. The Morgan fingerprint density at radius 3 is 2.91 bits per heavy atom. The molecule has 0 radical (unpaired) electrons. The molecule has 1 aromatic heterocycles. The maximum Gasteiger partial charge on any atom is 0.0951 e. The van der Waals surface area contributed by atoms with Crippen molar-refractivity contribution < 1.29 is 5.11 Å². The number of aliphatic hydroxyl groups is 1. The summed E-state index contributed by atoms with van der Waals surface area (Å²) in [7, 11) is 1.91. The predicted octanol–water partition coefficient (Wildman–Crippen LogP) is 0.407. The molecule has 1 aromatic rings. The highest BCUT2D eigenvalue weighted by Crippen LogP contribution is 2.14. The number of nitrogens with zero attached hydrogens (tertiary/aromatic N) is 1. The fourth-order valence-electron chi connectivity index (χ4n) is 1.13. The molecule has 11 heavy (non-hydrogen) atoms. The van der Waals surface area contributed by atoms with E-state index in [9.17, 15) is 5.11 Å². The zero-order valence-electron chi connectivity index (χ0n) is 6.70. The second-order valence-corrected chi connectivity index (χ2v) is 2.64. The Hall–Kier alpha value is -0.800. The highest BCUT2D eigenvalue weighted by molar-refractivity contribution is 5.09. The quantitative estimate of drug-likeness (QED) is 0.662. The van der Waals surface area contributed by atoms with Crippen LogP contribution in [0.15, 0.2) is 18.3 Å². The molecule has 62 valence electrons. The second-order valence-electron chi connectivity index (χ2n) is 2.64. The minimum atomic E-state index is -0.417. The van der Waals surface area contributed by atoms with Crippen LogP contribution in [0.2, 0.25) is 0 Å². The maximum absolute atomic E-state index is 9.49. The van der Waals surface area contributed by atoms with Crippen LogP contribution in [-0.4, -0.2) is 16.2 Å². The van der Waals surface area contributed by atoms with Crippen LogP contribution in [0.25, 0.3) is 0 Å². The largest absolute Gasteiger partial charge is 0.387 e. The van der Waals surface area contributed by atoms with E-state index in [2.05, 4.69) is 0 Å². The molecular weight excluding hydrogens is 140 g/mol. The Morgan fingerprint density at radius 1 is 1.73 bits per heavy atom. The number of aromatic nitrogens is 1. The van der Waals surface area contributed by atoms with Crippen molar-refractivity contribution in [3.05, 3.63) is 24.0 Å². The summed E-state index contributed by atoms with van der Waals surface area (Å²) in [6, 6.07) is 3.81. The molecule has 0 saturated heterocycles. The van der Waals surface area contributed by atoms with E-state index in [1.807, 2.05) is 29.9 Å². The first-order valence-electron chi connectivity index (χ1n) is 3.75. The molecule has 3 nitrogen and oxygen atoms in total. The van der Waals surface area contributed by atoms with Gasteiger partial charge < -0.3 is 15.4 Å². The summed E-state index contributed by atoms with van der Waals surface area (Å²) >= 11 is 0. The average molecular weight is 154 g/mol. The number of hydrogen-bond donors (Lipinski definition) is 2. The molecule has 1 atom stereocenters. The van der Waals surface area contributed by atoms with Gasteiger partial charge in [0.1, 0.15) is 0 Å². The fraction of sp³-hybridized carbons (Fsp3) is 0.500. The van der Waals surface area contributed by atoms with Crippen LogP contribution in [0.4, 0.5) is 0 Å². The van der Waals surface area contributed by atoms with Crippen LogP contribution < -0.4 is 5.73 Å². The molecule has 1 heterocycles. The molecule has 0 spiro atoms. The van der Waals surface area contributed by atoms with Gasteiger partial charge in [0, 0.05) is 18.9 Å². The molecule has 0 aliphatic carbocycles. The van der Waals surface area contributed by atoms with E-state index in [0.717, 1.165) is 5.69 Å². The SMILES string of the molecule is Cn1cccc1C(O)CCN. The third-order valence-electron chi connectivity index (χ3n) is 1.77. The van der Waals surface area contributed by atoms with Crippen molar-refractivity contribution >= 4 is 0 Å². The first kappa shape index (κ1) is 8.30. The van der Waals surface area contributed by atoms with Gasteiger partial charge in [0.2, 0.25) is 0 Å². The molecule has 0 aliphatic heterocycles. The third-order valence-corrected chi connectivity index (χ3v) is 1.77. The Morgan fingerprint density at radius 2 is 2.45 bits per heavy atom. The van der Waals surface area contributed by atoms with E-state index in [0.29, 0.717) is 13.0 Å². The van der Waals surface area contributed by atoms with Crippen LogP contribution in [0.3, 0.4) is 0 Å². The van der Waals surface area contributed by atoms with Gasteiger partial charge in [-0.2, -0.15) is 0 Å². The summed E-state index contributed by atoms with van der Waals surface area (Å²) in [5, 5.41) is 9.49. The minimum Gasteiger partial charge on any atom is -0.387 e. The predicted molar refractivity (Wildman–Crippen MR) is 44.0 cm³/mol. The Kier molecular flexibility index (Phi) is 2.68. The summed E-state index contributed by atoms with van der Waals surface area (Å²) in [5.74, 6) is 0. The highest BCUT2D eigenvalue weighted by Gasteiger charge is 2.07. The zero-order chi connectivity index (χ0) is 8.27. The van der Waals surface area contributed by atoms with Crippen molar-refractivity contribution in [1.82, 2.24) is 4.57 Å². The normalized spacial score (nSPS) is 13.4. The van der Waals surface area contributed by atoms with Crippen molar-refractivity contribution in [3.8, 4) is 0 Å². The van der Waals surface area contributed by atoms with Crippen LogP contribution in [0.1, 0.15) is 18.2 Å². The molecule has 0 aromatic carbocycles. The van der Waals surface area contributed by atoms with Crippen molar-refractivity contribution in [3.63, 3.8) is 0 Å². The summed E-state index contributed by atoms with van der Waals surface area (Å²) in [5.41, 5.74) is 6.24. The highest BCUT2D eigenvalue weighted by atomic mass is 16.3. The van der Waals surface area contributed by atoms with Gasteiger partial charge in [0.05, 0.1) is 6.10 Å². The van der Waals surface area contributed by atoms with Crippen LogP contribution in [0, 0.1) is 0 Å². The molecule has 0 saturated carbocycles. The molecule has 3 N–H and O–H groups in total. The van der Waals surface area contributed by atoms with Gasteiger partial charge in [-0.3, -0.25) is 0 Å². The number of nitrogens with two attached hydrogens (primary N) is 1. The van der Waals surface area contributed by atoms with Gasteiger partial charge in [-0.25, -0.2) is 0 Å². The number of hydrogen-bond acceptors (Lipinski definition) is 2. The molecular formula is C8H14N2O. The lowest BCUT2D eigenvalue weighted by Crippen LogP contribution is -2.09. The monoisotopic (exact) mass is 154 g/mol. The molecule has 3 heteroatoms. The third kappa shape index (κ3) is 1.82. The molecule has 0 aliphatic rings. The van der Waals surface area contributed by atoms with Crippen molar-refractivity contribution in [2.24, 2.45) is 12.8 Å². The van der Waals surface area contributed by atoms with E-state index in [1.54, 1.807) is 0 Å². The van der Waals surface area contributed by atoms with Crippen molar-refractivity contribution in [2.45, 2.75) is 12.5 Å². The van der Waals surface area contributed by atoms with Gasteiger partial charge >= 0.3 is 0 Å². The Balaban J connectivity index is 2.67. The summed E-state index contributed by atoms with van der Waals surface area (Å²) in [4.78, 5) is 0. The molecule has 1 rings (SSSR count). The van der Waals surface area contributed by atoms with Gasteiger partial charge in [-0.05, 0) is 25.1 Å². The van der Waals surface area contributed by atoms with E-state index >= 15 is 0 Å². The molecule has 0 fully saturated rings. The van der Waals surface area contributed by atoms with Crippen LogP contribution in [-0.2, 0) is 7.05 Å². The second kappa shape index (κ2) is 3.55. The van der Waals surface area contributed by atoms with Crippen molar-refractivity contribution in [2.75, 3.05) is 6.54 Å². The maximum atomic E-state index is 9.49. The topological polar surface area (TPSA) is 51.2 Å². The smallest absolute Gasteiger partial charge is 0.0951 e. The Labute approximate surface area is 66.4 Å². The van der Waals surface area contributed by atoms with Crippen LogP contribution >= 0.6 is 0 Å². The van der Waals surface area contributed by atoms with E-state index in [-0.39, 0.29) is 0 Å². The molecule has 0 amide bonds. The average Bonchev–Trinajstić information content (AvgIpc) is 2.36. The zero-order valence-corrected chi connectivity index (χ0v) is 6.70. The fourth-order valence-corrected chi connectivity index (χ4v) is 1.13. The standard InChI is InChI=1S/C8H14N2O/c1-10-6-2-3-7(10)8(11)4-5-9/h2-3,6,8,11H,4-5,9H2,1H3. The van der Waals surface area contributed by atoms with E-state index in [4.69, 9.17) is 5.73 Å². The molecule has 1 unspecified atom stereocenters. The van der Waals surface area contributed by atoms with Crippen LogP contribution in [0.5, 0.6) is 0 Å².